The van der Waals surface area contributed by atoms with E-state index in [0.717, 1.165) is 5.75 Å². The minimum atomic E-state index is -0.688. The lowest BCUT2D eigenvalue weighted by Gasteiger charge is -2.19. The molecule has 1 N–H and O–H groups in total. The molecule has 0 aliphatic carbocycles. The van der Waals surface area contributed by atoms with E-state index in [9.17, 15) is 9.59 Å². The number of thioether (sulfide) groups is 1. The molecule has 1 aromatic carbocycles. The quantitative estimate of drug-likeness (QED) is 0.832. The molecular weight excluding hydrogens is 304 g/mol. The van der Waals surface area contributed by atoms with Gasteiger partial charge in [0, 0.05) is 5.75 Å². The zero-order valence-corrected chi connectivity index (χ0v) is 13.1. The van der Waals surface area contributed by atoms with Crippen LogP contribution in [0.3, 0.4) is 0 Å². The van der Waals surface area contributed by atoms with E-state index in [1.807, 2.05) is 12.1 Å². The van der Waals surface area contributed by atoms with Gasteiger partial charge < -0.3 is 14.8 Å². The van der Waals surface area contributed by atoms with Crippen molar-refractivity contribution in [3.8, 4) is 11.5 Å². The number of rotatable bonds is 5. The number of urea groups is 1. The minimum Gasteiger partial charge on any atom is -0.493 e. The predicted octanol–water partition coefficient (Wildman–Crippen LogP) is 1.50. The highest BCUT2D eigenvalue weighted by molar-refractivity contribution is 7.99. The highest BCUT2D eigenvalue weighted by Gasteiger charge is 2.52. The number of nitrogens with one attached hydrogen (secondary N) is 1. The lowest BCUT2D eigenvalue weighted by atomic mass is 9.99. The van der Waals surface area contributed by atoms with Gasteiger partial charge in [-0.1, -0.05) is 12.1 Å². The summed E-state index contributed by atoms with van der Waals surface area (Å²) in [5, 5.41) is 2.84. The molecule has 7 heteroatoms. The molecule has 1 unspecified atom stereocenters. The van der Waals surface area contributed by atoms with Crippen molar-refractivity contribution in [3.63, 3.8) is 0 Å². The number of methoxy groups -OCH3 is 1. The Morgan fingerprint density at radius 2 is 2.09 bits per heavy atom. The van der Waals surface area contributed by atoms with Gasteiger partial charge in [-0.05, 0) is 24.3 Å². The van der Waals surface area contributed by atoms with E-state index in [1.165, 1.54) is 4.90 Å². The summed E-state index contributed by atoms with van der Waals surface area (Å²) in [5.74, 6) is 2.65. The van der Waals surface area contributed by atoms with E-state index < -0.39 is 5.54 Å². The van der Waals surface area contributed by atoms with Crippen LogP contribution in [0.15, 0.2) is 24.3 Å². The lowest BCUT2D eigenvalue weighted by Crippen LogP contribution is -2.47. The summed E-state index contributed by atoms with van der Waals surface area (Å²) >= 11 is 1.69. The van der Waals surface area contributed by atoms with Gasteiger partial charge in [0.25, 0.3) is 5.91 Å². The standard InChI is InChI=1S/C15H18N2O4S/c1-20-11-4-2-3-5-12(11)21-8-7-17-13(18)15(16-14(17)19)6-9-22-10-15/h2-5H,6-10H2,1H3,(H,16,19). The highest BCUT2D eigenvalue weighted by Crippen LogP contribution is 2.33. The number of para-hydroxylation sites is 2. The molecule has 1 spiro atoms. The van der Waals surface area contributed by atoms with E-state index in [1.54, 1.807) is 31.0 Å². The number of carbonyl (C=O) groups is 2. The second-order valence-corrected chi connectivity index (χ2v) is 6.38. The number of ether oxygens (including phenoxy) is 2. The van der Waals surface area contributed by atoms with Gasteiger partial charge in [-0.2, -0.15) is 11.8 Å². The molecular formula is C15H18N2O4S. The second-order valence-electron chi connectivity index (χ2n) is 5.27. The summed E-state index contributed by atoms with van der Waals surface area (Å²) in [4.78, 5) is 25.7. The third-order valence-electron chi connectivity index (χ3n) is 3.91. The summed E-state index contributed by atoms with van der Waals surface area (Å²) in [6.45, 7) is 0.470. The van der Waals surface area contributed by atoms with Gasteiger partial charge in [0.15, 0.2) is 11.5 Å². The molecule has 118 valence electrons. The molecule has 3 rings (SSSR count). The van der Waals surface area contributed by atoms with Crippen molar-refractivity contribution >= 4 is 23.7 Å². The molecule has 2 fully saturated rings. The number of imide groups is 1. The van der Waals surface area contributed by atoms with Crippen LogP contribution < -0.4 is 14.8 Å². The van der Waals surface area contributed by atoms with E-state index >= 15 is 0 Å². The Bertz CT molecular complexity index is 587. The Morgan fingerprint density at radius 1 is 1.32 bits per heavy atom. The molecule has 2 heterocycles. The third kappa shape index (κ3) is 2.61. The molecule has 0 radical (unpaired) electrons. The third-order valence-corrected chi connectivity index (χ3v) is 5.10. The van der Waals surface area contributed by atoms with Crippen molar-refractivity contribution < 1.29 is 19.1 Å². The molecule has 3 amide bonds. The molecule has 0 aromatic heterocycles. The maximum absolute atomic E-state index is 12.5. The number of hydrogen-bond donors (Lipinski definition) is 1. The van der Waals surface area contributed by atoms with Crippen LogP contribution in [0.4, 0.5) is 4.79 Å². The normalized spacial score (nSPS) is 24.0. The van der Waals surface area contributed by atoms with Crippen LogP contribution in [0.2, 0.25) is 0 Å². The van der Waals surface area contributed by atoms with Crippen LogP contribution in [0, 0.1) is 0 Å². The summed E-state index contributed by atoms with van der Waals surface area (Å²) < 4.78 is 10.8. The zero-order chi connectivity index (χ0) is 15.6. The van der Waals surface area contributed by atoms with Crippen LogP contribution in [-0.2, 0) is 4.79 Å². The Labute approximate surface area is 133 Å². The zero-order valence-electron chi connectivity index (χ0n) is 12.3. The van der Waals surface area contributed by atoms with Gasteiger partial charge in [-0.15, -0.1) is 0 Å². The Morgan fingerprint density at radius 3 is 2.77 bits per heavy atom. The lowest BCUT2D eigenvalue weighted by molar-refractivity contribution is -0.130. The Kier molecular flexibility index (Phi) is 4.15. The van der Waals surface area contributed by atoms with Crippen molar-refractivity contribution in [3.05, 3.63) is 24.3 Å². The van der Waals surface area contributed by atoms with Crippen molar-refractivity contribution in [1.29, 1.82) is 0 Å². The molecule has 1 aromatic rings. The largest absolute Gasteiger partial charge is 0.493 e. The molecule has 0 saturated carbocycles. The molecule has 2 aliphatic heterocycles. The van der Waals surface area contributed by atoms with Gasteiger partial charge in [0.2, 0.25) is 0 Å². The maximum Gasteiger partial charge on any atom is 0.325 e. The average Bonchev–Trinajstić information content (AvgIpc) is 3.08. The van der Waals surface area contributed by atoms with E-state index in [2.05, 4.69) is 5.32 Å². The van der Waals surface area contributed by atoms with Gasteiger partial charge in [0.1, 0.15) is 12.1 Å². The summed E-state index contributed by atoms with van der Waals surface area (Å²) in [6, 6.07) is 6.96. The fourth-order valence-electron chi connectivity index (χ4n) is 2.70. The van der Waals surface area contributed by atoms with Crippen LogP contribution in [0.5, 0.6) is 11.5 Å². The van der Waals surface area contributed by atoms with Crippen molar-refractivity contribution in [2.45, 2.75) is 12.0 Å². The van der Waals surface area contributed by atoms with Gasteiger partial charge in [0.05, 0.1) is 13.7 Å². The van der Waals surface area contributed by atoms with Crippen LogP contribution in [0.25, 0.3) is 0 Å². The Balaban J connectivity index is 1.60. The first-order chi connectivity index (χ1) is 10.7. The second kappa shape index (κ2) is 6.08. The molecule has 1 atom stereocenters. The summed E-state index contributed by atoms with van der Waals surface area (Å²) in [6.07, 6.45) is 0.701. The van der Waals surface area contributed by atoms with Gasteiger partial charge in [-0.25, -0.2) is 4.79 Å². The molecule has 6 nitrogen and oxygen atoms in total. The van der Waals surface area contributed by atoms with Gasteiger partial charge >= 0.3 is 6.03 Å². The fraction of sp³-hybridized carbons (Fsp3) is 0.467. The smallest absolute Gasteiger partial charge is 0.325 e. The fourth-order valence-corrected chi connectivity index (χ4v) is 4.02. The number of amides is 3. The van der Waals surface area contributed by atoms with E-state index in [-0.39, 0.29) is 25.1 Å². The van der Waals surface area contributed by atoms with Gasteiger partial charge in [-0.3, -0.25) is 9.69 Å². The summed E-state index contributed by atoms with van der Waals surface area (Å²) in [5.41, 5.74) is -0.688. The molecule has 2 aliphatic rings. The first-order valence-electron chi connectivity index (χ1n) is 7.14. The SMILES string of the molecule is COc1ccccc1OCCN1C(=O)NC2(CCSC2)C1=O. The number of benzene rings is 1. The maximum atomic E-state index is 12.5. The van der Waals surface area contributed by atoms with E-state index in [0.29, 0.717) is 23.7 Å². The van der Waals surface area contributed by atoms with Crippen molar-refractivity contribution in [2.24, 2.45) is 0 Å². The molecule has 0 bridgehead atoms. The first kappa shape index (κ1) is 15.0. The van der Waals surface area contributed by atoms with Crippen LogP contribution in [-0.4, -0.2) is 54.1 Å². The minimum absolute atomic E-state index is 0.133. The topological polar surface area (TPSA) is 67.9 Å². The first-order valence-corrected chi connectivity index (χ1v) is 8.29. The van der Waals surface area contributed by atoms with Crippen LogP contribution in [0.1, 0.15) is 6.42 Å². The Hall–Kier alpha value is -1.89. The number of hydrogen-bond acceptors (Lipinski definition) is 5. The molecule has 2 saturated heterocycles. The monoisotopic (exact) mass is 322 g/mol. The number of nitrogens with zero attached hydrogens (tertiary/aromatic N) is 1. The molecule has 22 heavy (non-hydrogen) atoms. The van der Waals surface area contributed by atoms with Crippen molar-refractivity contribution in [1.82, 2.24) is 10.2 Å². The predicted molar refractivity (Wildman–Crippen MR) is 83.4 cm³/mol. The van der Waals surface area contributed by atoms with Crippen molar-refractivity contribution in [2.75, 3.05) is 31.8 Å². The number of carbonyl (C=O) groups excluding carboxylic acids is 2. The van der Waals surface area contributed by atoms with E-state index in [4.69, 9.17) is 9.47 Å². The average molecular weight is 322 g/mol. The van der Waals surface area contributed by atoms with Crippen LogP contribution >= 0.6 is 11.8 Å². The summed E-state index contributed by atoms with van der Waals surface area (Å²) in [7, 11) is 1.57. The highest BCUT2D eigenvalue weighted by atomic mass is 32.2.